The van der Waals surface area contributed by atoms with Crippen LogP contribution in [-0.2, 0) is 23.2 Å². The molecule has 6 nitrogen and oxygen atoms in total. The van der Waals surface area contributed by atoms with Gasteiger partial charge in [0.1, 0.15) is 17.3 Å². The first-order valence-corrected chi connectivity index (χ1v) is 11.6. The molecule has 0 heterocycles. The zero-order valence-electron chi connectivity index (χ0n) is 17.8. The van der Waals surface area contributed by atoms with Gasteiger partial charge in [-0.1, -0.05) is 24.3 Å². The highest BCUT2D eigenvalue weighted by Crippen LogP contribution is 2.20. The quantitative estimate of drug-likeness (QED) is 0.445. The van der Waals surface area contributed by atoms with Crippen molar-refractivity contribution >= 4 is 16.0 Å². The van der Waals surface area contributed by atoms with Gasteiger partial charge in [0.15, 0.2) is 0 Å². The van der Waals surface area contributed by atoms with Crippen LogP contribution >= 0.6 is 0 Å². The van der Waals surface area contributed by atoms with Gasteiger partial charge in [-0.2, -0.15) is 8.42 Å². The molecular weight excluding hydrogens is 433 g/mol. The molecule has 0 spiro atoms. The fourth-order valence-corrected chi connectivity index (χ4v) is 3.52. The average molecular weight is 458 g/mol. The molecule has 3 aromatic rings. The molecule has 0 N–H and O–H groups in total. The van der Waals surface area contributed by atoms with E-state index in [-0.39, 0.29) is 36.3 Å². The topological polar surface area (TPSA) is 72.9 Å². The van der Waals surface area contributed by atoms with E-state index in [9.17, 15) is 17.6 Å². The van der Waals surface area contributed by atoms with Crippen LogP contribution in [0.15, 0.2) is 72.8 Å². The molecule has 32 heavy (non-hydrogen) atoms. The highest BCUT2D eigenvalue weighted by Gasteiger charge is 2.18. The maximum atomic E-state index is 13.3. The van der Waals surface area contributed by atoms with E-state index in [1.54, 1.807) is 72.7 Å². The number of hydrogen-bond acceptors (Lipinski definition) is 5. The molecular formula is C24H24FNO5S. The summed E-state index contributed by atoms with van der Waals surface area (Å²) in [5.41, 5.74) is 2.05. The third-order valence-electron chi connectivity index (χ3n) is 4.78. The summed E-state index contributed by atoms with van der Waals surface area (Å²) in [5.74, 6) is 0.174. The summed E-state index contributed by atoms with van der Waals surface area (Å²) in [4.78, 5) is 14.9. The summed E-state index contributed by atoms with van der Waals surface area (Å²) < 4.78 is 46.7. The van der Waals surface area contributed by atoms with Crippen LogP contribution in [0.5, 0.6) is 11.5 Å². The number of hydrogen-bond donors (Lipinski definition) is 0. The van der Waals surface area contributed by atoms with Crippen molar-refractivity contribution in [3.8, 4) is 11.5 Å². The SMILES string of the molecule is CCS(=O)(=O)Oc1ccc(CN(Cc2ccc(F)cc2)C(=O)c2ccc(OC)cc2)cc1. The molecule has 3 rings (SSSR count). The second-order valence-corrected chi connectivity index (χ2v) is 8.95. The van der Waals surface area contributed by atoms with Gasteiger partial charge in [-0.3, -0.25) is 4.79 Å². The summed E-state index contributed by atoms with van der Waals surface area (Å²) in [5, 5.41) is 0. The monoisotopic (exact) mass is 457 g/mol. The van der Waals surface area contributed by atoms with Gasteiger partial charge in [0, 0.05) is 18.7 Å². The molecule has 0 radical (unpaired) electrons. The van der Waals surface area contributed by atoms with E-state index in [1.165, 1.54) is 19.1 Å². The first-order chi connectivity index (χ1) is 15.3. The average Bonchev–Trinajstić information content (AvgIpc) is 2.80. The number of nitrogens with zero attached hydrogens (tertiary/aromatic N) is 1. The lowest BCUT2D eigenvalue weighted by Crippen LogP contribution is -2.30. The molecule has 0 saturated heterocycles. The Hall–Kier alpha value is -3.39. The van der Waals surface area contributed by atoms with Gasteiger partial charge < -0.3 is 13.8 Å². The standard InChI is InChI=1S/C24H24FNO5S/c1-3-32(28,29)31-23-12-6-19(7-13-23)17-26(16-18-4-10-21(25)11-5-18)24(27)20-8-14-22(30-2)15-9-20/h4-15H,3,16-17H2,1-2H3. The van der Waals surface area contributed by atoms with E-state index < -0.39 is 10.1 Å². The Morgan fingerprint density at radius 3 is 1.84 bits per heavy atom. The van der Waals surface area contributed by atoms with Crippen LogP contribution in [0.25, 0.3) is 0 Å². The smallest absolute Gasteiger partial charge is 0.308 e. The van der Waals surface area contributed by atoms with Gasteiger partial charge in [0.25, 0.3) is 5.91 Å². The molecule has 0 aromatic heterocycles. The van der Waals surface area contributed by atoms with E-state index in [4.69, 9.17) is 8.92 Å². The van der Waals surface area contributed by atoms with Crippen LogP contribution in [0.3, 0.4) is 0 Å². The summed E-state index contributed by atoms with van der Waals surface area (Å²) in [6.07, 6.45) is 0. The molecule has 0 saturated carbocycles. The van der Waals surface area contributed by atoms with E-state index in [0.29, 0.717) is 11.3 Å². The number of halogens is 1. The molecule has 3 aromatic carbocycles. The second kappa shape index (κ2) is 10.3. The maximum Gasteiger partial charge on any atom is 0.308 e. The van der Waals surface area contributed by atoms with Crippen LogP contribution in [0, 0.1) is 5.82 Å². The molecule has 0 aliphatic heterocycles. The Labute approximate surface area is 187 Å². The van der Waals surface area contributed by atoms with Gasteiger partial charge >= 0.3 is 10.1 Å². The molecule has 0 atom stereocenters. The maximum absolute atomic E-state index is 13.3. The Bertz CT molecular complexity index is 1140. The van der Waals surface area contributed by atoms with Crippen LogP contribution in [0.4, 0.5) is 4.39 Å². The Kier molecular flexibility index (Phi) is 7.48. The lowest BCUT2D eigenvalue weighted by molar-refractivity contribution is 0.0730. The third kappa shape index (κ3) is 6.31. The number of carbonyl (C=O) groups is 1. The van der Waals surface area contributed by atoms with Crippen molar-refractivity contribution < 1.29 is 26.5 Å². The van der Waals surface area contributed by atoms with Crippen LogP contribution in [0.2, 0.25) is 0 Å². The van der Waals surface area contributed by atoms with Crippen LogP contribution in [0.1, 0.15) is 28.4 Å². The van der Waals surface area contributed by atoms with Crippen LogP contribution in [-0.4, -0.2) is 32.1 Å². The number of methoxy groups -OCH3 is 1. The molecule has 0 unspecified atom stereocenters. The fourth-order valence-electron chi connectivity index (χ4n) is 3.00. The molecule has 0 fully saturated rings. The van der Waals surface area contributed by atoms with E-state index >= 15 is 0 Å². The number of carbonyl (C=O) groups excluding carboxylic acids is 1. The lowest BCUT2D eigenvalue weighted by atomic mass is 10.1. The largest absolute Gasteiger partial charge is 0.497 e. The number of rotatable bonds is 9. The molecule has 0 aliphatic rings. The zero-order valence-corrected chi connectivity index (χ0v) is 18.6. The summed E-state index contributed by atoms with van der Waals surface area (Å²) >= 11 is 0. The Morgan fingerprint density at radius 2 is 1.34 bits per heavy atom. The van der Waals surface area contributed by atoms with Crippen molar-refractivity contribution in [1.29, 1.82) is 0 Å². The molecule has 0 bridgehead atoms. The number of amides is 1. The minimum absolute atomic E-state index is 0.128. The number of benzene rings is 3. The van der Waals surface area contributed by atoms with E-state index in [2.05, 4.69) is 0 Å². The third-order valence-corrected chi connectivity index (χ3v) is 5.94. The first kappa shape index (κ1) is 23.3. The summed E-state index contributed by atoms with van der Waals surface area (Å²) in [6.45, 7) is 2.04. The van der Waals surface area contributed by atoms with Crippen molar-refractivity contribution in [3.05, 3.63) is 95.3 Å². The second-order valence-electron chi connectivity index (χ2n) is 7.09. The minimum Gasteiger partial charge on any atom is -0.497 e. The Balaban J connectivity index is 1.82. The predicted octanol–water partition coefficient (Wildman–Crippen LogP) is 4.41. The summed E-state index contributed by atoms with van der Waals surface area (Å²) in [7, 11) is -2.06. The van der Waals surface area contributed by atoms with Gasteiger partial charge in [0.05, 0.1) is 12.9 Å². The minimum atomic E-state index is -3.61. The van der Waals surface area contributed by atoms with Crippen molar-refractivity contribution in [3.63, 3.8) is 0 Å². The predicted molar refractivity (Wildman–Crippen MR) is 120 cm³/mol. The first-order valence-electron chi connectivity index (χ1n) is 9.98. The zero-order chi connectivity index (χ0) is 23.1. The highest BCUT2D eigenvalue weighted by atomic mass is 32.2. The molecule has 168 valence electrons. The van der Waals surface area contributed by atoms with Crippen molar-refractivity contribution in [2.45, 2.75) is 20.0 Å². The fraction of sp³-hybridized carbons (Fsp3) is 0.208. The molecule has 0 aliphatic carbocycles. The number of ether oxygens (including phenoxy) is 1. The van der Waals surface area contributed by atoms with Crippen molar-refractivity contribution in [1.82, 2.24) is 4.90 Å². The van der Waals surface area contributed by atoms with Gasteiger partial charge in [-0.15, -0.1) is 0 Å². The van der Waals surface area contributed by atoms with E-state index in [1.807, 2.05) is 0 Å². The Morgan fingerprint density at radius 1 is 0.844 bits per heavy atom. The van der Waals surface area contributed by atoms with Crippen molar-refractivity contribution in [2.24, 2.45) is 0 Å². The van der Waals surface area contributed by atoms with Gasteiger partial charge in [-0.25, -0.2) is 4.39 Å². The van der Waals surface area contributed by atoms with Gasteiger partial charge in [0.2, 0.25) is 0 Å². The summed E-state index contributed by atoms with van der Waals surface area (Å²) in [6, 6.07) is 19.3. The van der Waals surface area contributed by atoms with Crippen molar-refractivity contribution in [2.75, 3.05) is 12.9 Å². The normalized spacial score (nSPS) is 11.1. The van der Waals surface area contributed by atoms with E-state index in [0.717, 1.165) is 11.1 Å². The molecule has 1 amide bonds. The lowest BCUT2D eigenvalue weighted by Gasteiger charge is -2.23. The molecule has 8 heteroatoms. The highest BCUT2D eigenvalue weighted by molar-refractivity contribution is 7.87. The van der Waals surface area contributed by atoms with Crippen LogP contribution < -0.4 is 8.92 Å². The van der Waals surface area contributed by atoms with Gasteiger partial charge in [-0.05, 0) is 66.6 Å².